The zero-order valence-corrected chi connectivity index (χ0v) is 17.2. The maximum atomic E-state index is 12.4. The highest BCUT2D eigenvalue weighted by Crippen LogP contribution is 2.27. The summed E-state index contributed by atoms with van der Waals surface area (Å²) in [6, 6.07) is 11.0. The number of carbonyl (C=O) groups is 1. The van der Waals surface area contributed by atoms with Gasteiger partial charge in [-0.05, 0) is 37.1 Å². The fourth-order valence-corrected chi connectivity index (χ4v) is 3.52. The lowest BCUT2D eigenvalue weighted by Gasteiger charge is -2.23. The van der Waals surface area contributed by atoms with Gasteiger partial charge < -0.3 is 10.1 Å². The second kappa shape index (κ2) is 9.37. The molecule has 2 rings (SSSR count). The van der Waals surface area contributed by atoms with Crippen LogP contribution in [0.4, 0.5) is 11.4 Å². The van der Waals surface area contributed by atoms with Crippen LogP contribution < -0.4 is 14.4 Å². The van der Waals surface area contributed by atoms with Gasteiger partial charge in [0.2, 0.25) is 15.9 Å². The van der Waals surface area contributed by atoms with Crippen molar-refractivity contribution < 1.29 is 22.9 Å². The van der Waals surface area contributed by atoms with Crippen LogP contribution in [0.1, 0.15) is 18.1 Å². The Hall–Kier alpha value is -3.14. The number of nitrogens with one attached hydrogen (secondary N) is 1. The third-order valence-electron chi connectivity index (χ3n) is 4.08. The van der Waals surface area contributed by atoms with Gasteiger partial charge in [-0.15, -0.1) is 0 Å². The summed E-state index contributed by atoms with van der Waals surface area (Å²) in [5.74, 6) is 0.183. The molecule has 0 saturated carbocycles. The van der Waals surface area contributed by atoms with Crippen molar-refractivity contribution in [2.45, 2.75) is 20.4 Å². The molecule has 0 saturated heterocycles. The minimum atomic E-state index is -3.84. The van der Waals surface area contributed by atoms with E-state index in [4.69, 9.17) is 4.74 Å². The van der Waals surface area contributed by atoms with Crippen LogP contribution in [0.3, 0.4) is 0 Å². The Morgan fingerprint density at radius 1 is 1.21 bits per heavy atom. The molecule has 1 amide bonds. The Balaban J connectivity index is 2.14. The summed E-state index contributed by atoms with van der Waals surface area (Å²) in [6.45, 7) is 3.77. The standard InChI is InChI=1S/C19H23N3O6S/c1-4-28-17-9-6-15(7-10-17)12-20-19(23)13-21(29(3,26)27)18-11-16(22(24)25)8-5-14(18)2/h5-11H,4,12-13H2,1-3H3,(H,20,23). The average Bonchev–Trinajstić information content (AvgIpc) is 2.65. The fraction of sp³-hybridized carbons (Fsp3) is 0.316. The SMILES string of the molecule is CCOc1ccc(CNC(=O)CN(c2cc([N+](=O)[O-])ccc2C)S(C)(=O)=O)cc1. The smallest absolute Gasteiger partial charge is 0.271 e. The normalized spacial score (nSPS) is 11.0. The van der Waals surface area contributed by atoms with Gasteiger partial charge in [-0.3, -0.25) is 19.2 Å². The largest absolute Gasteiger partial charge is 0.494 e. The summed E-state index contributed by atoms with van der Waals surface area (Å²) < 4.78 is 30.7. The van der Waals surface area contributed by atoms with Crippen LogP contribution in [0.5, 0.6) is 5.75 Å². The van der Waals surface area contributed by atoms with E-state index in [0.29, 0.717) is 17.9 Å². The minimum Gasteiger partial charge on any atom is -0.494 e. The van der Waals surface area contributed by atoms with E-state index in [2.05, 4.69) is 5.32 Å². The second-order valence-electron chi connectivity index (χ2n) is 6.35. The summed E-state index contributed by atoms with van der Waals surface area (Å²) in [4.78, 5) is 22.8. The Morgan fingerprint density at radius 2 is 1.86 bits per heavy atom. The van der Waals surface area contributed by atoms with Crippen LogP contribution in [0.2, 0.25) is 0 Å². The average molecular weight is 421 g/mol. The Kier molecular flexibility index (Phi) is 7.16. The number of nitro benzene ring substituents is 1. The first kappa shape index (κ1) is 22.2. The van der Waals surface area contributed by atoms with E-state index in [9.17, 15) is 23.3 Å². The van der Waals surface area contributed by atoms with Crippen molar-refractivity contribution in [3.05, 3.63) is 63.7 Å². The van der Waals surface area contributed by atoms with Crippen LogP contribution in [0, 0.1) is 17.0 Å². The Bertz CT molecular complexity index is 990. The van der Waals surface area contributed by atoms with Crippen molar-refractivity contribution in [2.24, 2.45) is 0 Å². The highest BCUT2D eigenvalue weighted by atomic mass is 32.2. The number of sulfonamides is 1. The highest BCUT2D eigenvalue weighted by molar-refractivity contribution is 7.92. The topological polar surface area (TPSA) is 119 Å². The molecule has 0 aliphatic carbocycles. The molecule has 0 unspecified atom stereocenters. The summed E-state index contributed by atoms with van der Waals surface area (Å²) in [7, 11) is -3.84. The molecule has 156 valence electrons. The number of hydrogen-bond acceptors (Lipinski definition) is 6. The molecule has 0 spiro atoms. The number of non-ortho nitro benzene ring substituents is 1. The van der Waals surface area contributed by atoms with Gasteiger partial charge >= 0.3 is 0 Å². The van der Waals surface area contributed by atoms with Crippen molar-refractivity contribution in [1.82, 2.24) is 5.32 Å². The summed E-state index contributed by atoms with van der Waals surface area (Å²) >= 11 is 0. The summed E-state index contributed by atoms with van der Waals surface area (Å²) in [5.41, 5.74) is 1.16. The molecule has 0 bridgehead atoms. The van der Waals surface area contributed by atoms with Crippen molar-refractivity contribution in [2.75, 3.05) is 23.7 Å². The molecule has 10 heteroatoms. The number of hydrogen-bond donors (Lipinski definition) is 1. The van der Waals surface area contributed by atoms with Crippen molar-refractivity contribution in [1.29, 1.82) is 0 Å². The van der Waals surface area contributed by atoms with E-state index in [0.717, 1.165) is 22.2 Å². The molecule has 0 fully saturated rings. The first-order valence-corrected chi connectivity index (χ1v) is 10.7. The molecule has 1 N–H and O–H groups in total. The van der Waals surface area contributed by atoms with Gasteiger partial charge in [0.25, 0.3) is 5.69 Å². The van der Waals surface area contributed by atoms with Gasteiger partial charge in [0.05, 0.1) is 23.5 Å². The molecule has 0 radical (unpaired) electrons. The Labute approximate surface area is 169 Å². The maximum absolute atomic E-state index is 12.4. The van der Waals surface area contributed by atoms with E-state index in [1.54, 1.807) is 31.2 Å². The zero-order chi connectivity index (χ0) is 21.6. The van der Waals surface area contributed by atoms with Gasteiger partial charge in [0.15, 0.2) is 0 Å². The summed E-state index contributed by atoms with van der Waals surface area (Å²) in [5, 5.41) is 13.7. The first-order chi connectivity index (χ1) is 13.6. The van der Waals surface area contributed by atoms with E-state index >= 15 is 0 Å². The molecule has 2 aromatic carbocycles. The van der Waals surface area contributed by atoms with E-state index in [-0.39, 0.29) is 17.9 Å². The lowest BCUT2D eigenvalue weighted by atomic mass is 10.2. The molecule has 29 heavy (non-hydrogen) atoms. The summed E-state index contributed by atoms with van der Waals surface area (Å²) in [6.07, 6.45) is 0.949. The van der Waals surface area contributed by atoms with Crippen LogP contribution in [-0.4, -0.2) is 38.7 Å². The monoisotopic (exact) mass is 421 g/mol. The first-order valence-electron chi connectivity index (χ1n) is 8.83. The number of amides is 1. The number of nitro groups is 1. The predicted molar refractivity (Wildman–Crippen MR) is 109 cm³/mol. The Morgan fingerprint density at radius 3 is 2.41 bits per heavy atom. The molecule has 2 aromatic rings. The second-order valence-corrected chi connectivity index (χ2v) is 8.26. The van der Waals surface area contributed by atoms with E-state index in [1.807, 2.05) is 6.92 Å². The van der Waals surface area contributed by atoms with Gasteiger partial charge in [-0.2, -0.15) is 0 Å². The molecule has 0 aliphatic heterocycles. The van der Waals surface area contributed by atoms with E-state index < -0.39 is 27.4 Å². The number of carbonyl (C=O) groups excluding carboxylic acids is 1. The van der Waals surface area contributed by atoms with Gasteiger partial charge in [0.1, 0.15) is 12.3 Å². The van der Waals surface area contributed by atoms with Crippen LogP contribution in [0.25, 0.3) is 0 Å². The van der Waals surface area contributed by atoms with Crippen molar-refractivity contribution in [3.63, 3.8) is 0 Å². The van der Waals surface area contributed by atoms with Crippen molar-refractivity contribution in [3.8, 4) is 5.75 Å². The third kappa shape index (κ3) is 6.18. The number of benzene rings is 2. The molecular formula is C19H23N3O6S. The molecule has 0 aliphatic rings. The van der Waals surface area contributed by atoms with Gasteiger partial charge in [0, 0.05) is 18.7 Å². The zero-order valence-electron chi connectivity index (χ0n) is 16.4. The lowest BCUT2D eigenvalue weighted by Crippen LogP contribution is -2.40. The van der Waals surface area contributed by atoms with Crippen LogP contribution in [-0.2, 0) is 21.4 Å². The maximum Gasteiger partial charge on any atom is 0.271 e. The predicted octanol–water partition coefficient (Wildman–Crippen LogP) is 2.38. The molecule has 0 aromatic heterocycles. The quantitative estimate of drug-likeness (QED) is 0.490. The minimum absolute atomic E-state index is 0.0953. The van der Waals surface area contributed by atoms with Crippen LogP contribution in [0.15, 0.2) is 42.5 Å². The molecular weight excluding hydrogens is 398 g/mol. The number of anilines is 1. The van der Waals surface area contributed by atoms with Crippen LogP contribution >= 0.6 is 0 Å². The highest BCUT2D eigenvalue weighted by Gasteiger charge is 2.24. The molecule has 0 heterocycles. The third-order valence-corrected chi connectivity index (χ3v) is 5.21. The number of aryl methyl sites for hydroxylation is 1. The van der Waals surface area contributed by atoms with Gasteiger partial charge in [-0.25, -0.2) is 8.42 Å². The number of ether oxygens (including phenoxy) is 1. The lowest BCUT2D eigenvalue weighted by molar-refractivity contribution is -0.384. The van der Waals surface area contributed by atoms with E-state index in [1.165, 1.54) is 12.1 Å². The number of nitrogens with zero attached hydrogens (tertiary/aromatic N) is 2. The van der Waals surface area contributed by atoms with Crippen molar-refractivity contribution >= 4 is 27.3 Å². The fourth-order valence-electron chi connectivity index (χ4n) is 2.62. The molecule has 0 atom stereocenters. The van der Waals surface area contributed by atoms with Gasteiger partial charge in [-0.1, -0.05) is 18.2 Å². The number of rotatable bonds is 9. The molecule has 9 nitrogen and oxygen atoms in total.